The molecule has 0 aliphatic carbocycles. The molecule has 4 rings (SSSR count). The number of anilines is 6. The Kier molecular flexibility index (Phi) is 17.5. The molecule has 50 heavy (non-hydrogen) atoms. The standard InChI is InChI=1S/C39H57N6Si.3ClH.Ti/c1-26-27(2)29(4)39(28(26)3)46(36-23-30(40(5)6)17-20-33(36)43(11)12,37-24-31(41(7)8)18-21-34(37)44(13)14)38-25-32(42(9)10)19-22-35(38)45(15)16;;;;/h17-25H,1-16H3;3*1H;/q-1;;;;+4/p-3. The van der Waals surface area contributed by atoms with Crippen molar-refractivity contribution < 1.29 is 58.9 Å². The summed E-state index contributed by atoms with van der Waals surface area (Å²) in [6.07, 6.45) is 0. The fourth-order valence-electron chi connectivity index (χ4n) is 7.10. The van der Waals surface area contributed by atoms with Gasteiger partial charge in [-0.05, 0) is 70.2 Å². The van der Waals surface area contributed by atoms with E-state index in [1.54, 1.807) is 0 Å². The van der Waals surface area contributed by atoms with Crippen molar-refractivity contribution in [1.29, 1.82) is 0 Å². The van der Waals surface area contributed by atoms with Crippen LogP contribution in [0.15, 0.2) is 54.6 Å². The van der Waals surface area contributed by atoms with Crippen LogP contribution >= 0.6 is 0 Å². The molecular weight excluding hydrogens is 735 g/mol. The summed E-state index contributed by atoms with van der Waals surface area (Å²) >= 11 is 0. The number of hydrogen-bond donors (Lipinski definition) is 0. The van der Waals surface area contributed by atoms with Gasteiger partial charge in [0.2, 0.25) is 0 Å². The summed E-state index contributed by atoms with van der Waals surface area (Å²) in [4.78, 5) is 13.7. The van der Waals surface area contributed by atoms with E-state index in [2.05, 4.69) is 196 Å². The normalized spacial score (nSPS) is 10.6. The molecule has 272 valence electrons. The van der Waals surface area contributed by atoms with Crippen LogP contribution in [0.1, 0.15) is 22.3 Å². The molecule has 11 heteroatoms. The maximum atomic E-state index is 2.50. The first-order valence-electron chi connectivity index (χ1n) is 16.2. The van der Waals surface area contributed by atoms with E-state index in [0.717, 1.165) is 0 Å². The molecule has 0 saturated heterocycles. The van der Waals surface area contributed by atoms with Gasteiger partial charge in [-0.15, -0.1) is 0 Å². The Balaban J connectivity index is 0.00000600. The predicted molar refractivity (Wildman–Crippen MR) is 211 cm³/mol. The minimum atomic E-state index is -3.16. The van der Waals surface area contributed by atoms with Crippen LogP contribution in [-0.4, -0.2) is 92.6 Å². The van der Waals surface area contributed by atoms with Crippen molar-refractivity contribution in [3.63, 3.8) is 0 Å². The summed E-state index contributed by atoms with van der Waals surface area (Å²) in [6, 6.07) is 21.3. The van der Waals surface area contributed by atoms with Crippen molar-refractivity contribution in [3.8, 4) is 0 Å². The van der Waals surface area contributed by atoms with Gasteiger partial charge in [0.05, 0.1) is 0 Å². The average Bonchev–Trinajstić information content (AvgIpc) is 3.19. The molecule has 0 aromatic heterocycles. The molecule has 0 N–H and O–H groups in total. The smallest absolute Gasteiger partial charge is 1.00 e. The molecule has 0 aliphatic heterocycles. The maximum Gasteiger partial charge on any atom is 4.00 e. The molecule has 6 nitrogen and oxygen atoms in total. The summed E-state index contributed by atoms with van der Waals surface area (Å²) in [5, 5.41) is 5.70. The van der Waals surface area contributed by atoms with Gasteiger partial charge in [0, 0.05) is 119 Å². The van der Waals surface area contributed by atoms with Gasteiger partial charge in [0.15, 0.2) is 8.07 Å². The third-order valence-electron chi connectivity index (χ3n) is 9.96. The number of rotatable bonds is 10. The molecule has 4 aromatic carbocycles. The van der Waals surface area contributed by atoms with Crippen LogP contribution in [0.4, 0.5) is 34.1 Å². The van der Waals surface area contributed by atoms with Crippen molar-refractivity contribution in [2.45, 2.75) is 27.7 Å². The largest absolute Gasteiger partial charge is 4.00 e. The Morgan fingerprint density at radius 1 is 0.440 bits per heavy atom. The number of nitrogens with zero attached hydrogens (tertiary/aromatic N) is 6. The Labute approximate surface area is 338 Å². The number of benzene rings is 3. The molecule has 0 radical (unpaired) electrons. The van der Waals surface area contributed by atoms with Crippen molar-refractivity contribution >= 4 is 62.9 Å². The van der Waals surface area contributed by atoms with Crippen molar-refractivity contribution in [3.05, 3.63) is 76.9 Å². The molecule has 0 fully saturated rings. The molecule has 0 unspecified atom stereocenters. The zero-order chi connectivity index (χ0) is 34.4. The third-order valence-corrected chi connectivity index (χ3v) is 15.1. The minimum Gasteiger partial charge on any atom is -1.00 e. The summed E-state index contributed by atoms with van der Waals surface area (Å²) in [5.41, 5.74) is 13.0. The van der Waals surface area contributed by atoms with E-state index < -0.39 is 8.07 Å². The molecule has 0 bridgehead atoms. The fraction of sp³-hybridized carbons (Fsp3) is 0.410. The zero-order valence-electron chi connectivity index (χ0n) is 33.0. The van der Waals surface area contributed by atoms with E-state index in [1.807, 2.05) is 0 Å². The van der Waals surface area contributed by atoms with Crippen molar-refractivity contribution in [1.82, 2.24) is 0 Å². The van der Waals surface area contributed by atoms with Gasteiger partial charge in [-0.1, -0.05) is 27.7 Å². The van der Waals surface area contributed by atoms with E-state index in [4.69, 9.17) is 0 Å². The topological polar surface area (TPSA) is 19.4 Å². The van der Waals surface area contributed by atoms with Gasteiger partial charge in [-0.3, -0.25) is 0 Å². The fourth-order valence-corrected chi connectivity index (χ4v) is 13.4. The average molecular weight is 792 g/mol. The van der Waals surface area contributed by atoms with E-state index in [1.165, 1.54) is 77.1 Å². The molecule has 4 aromatic rings. The minimum absolute atomic E-state index is 0. The Morgan fingerprint density at radius 2 is 0.720 bits per heavy atom. The summed E-state index contributed by atoms with van der Waals surface area (Å²) in [6.45, 7) is 9.37. The molecular formula is C39H57Cl3N6SiTi. The van der Waals surface area contributed by atoms with Crippen LogP contribution in [0.5, 0.6) is 0 Å². The summed E-state index contributed by atoms with van der Waals surface area (Å²) in [7, 11) is 22.9. The Hall–Kier alpha value is -2.39. The first-order chi connectivity index (χ1) is 21.5. The second kappa shape index (κ2) is 18.4. The molecule has 0 aliphatic rings. The SMILES string of the molecule is Cc1c(C)c([Si](c2cc(N(C)C)ccc2N(C)C)(c2cc(N(C)C)ccc2N(C)C)c2cc(N(C)C)ccc2N(C)C)[c-](C)c1C.[Cl-].[Cl-].[Cl-].[Ti+4]. The van der Waals surface area contributed by atoms with E-state index >= 15 is 0 Å². The van der Waals surface area contributed by atoms with E-state index in [-0.39, 0.29) is 58.9 Å². The summed E-state index contributed by atoms with van der Waals surface area (Å²) in [5.74, 6) is 0. The van der Waals surface area contributed by atoms with Crippen molar-refractivity contribution in [2.75, 3.05) is 114 Å². The molecule has 0 amide bonds. The van der Waals surface area contributed by atoms with Crippen LogP contribution in [0, 0.1) is 27.7 Å². The van der Waals surface area contributed by atoms with E-state index in [9.17, 15) is 0 Å². The third kappa shape index (κ3) is 8.29. The van der Waals surface area contributed by atoms with Gasteiger partial charge >= 0.3 is 21.7 Å². The zero-order valence-corrected chi connectivity index (χ0v) is 37.8. The van der Waals surface area contributed by atoms with E-state index in [0.29, 0.717) is 0 Å². The quantitative estimate of drug-likeness (QED) is 0.0911. The Morgan fingerprint density at radius 3 is 0.920 bits per heavy atom. The van der Waals surface area contributed by atoms with Gasteiger partial charge < -0.3 is 66.6 Å². The maximum absolute atomic E-state index is 3.16. The van der Waals surface area contributed by atoms with Gasteiger partial charge in [-0.25, -0.2) is 0 Å². The summed E-state index contributed by atoms with van der Waals surface area (Å²) < 4.78 is 0. The van der Waals surface area contributed by atoms with Crippen LogP contribution in [-0.2, 0) is 21.7 Å². The molecule has 0 heterocycles. The molecule has 0 saturated carbocycles. The molecule has 0 atom stereocenters. The Bertz CT molecular complexity index is 1550. The van der Waals surface area contributed by atoms with Crippen LogP contribution < -0.4 is 87.4 Å². The first-order valence-corrected chi connectivity index (χ1v) is 18.2. The van der Waals surface area contributed by atoms with Crippen LogP contribution in [0.2, 0.25) is 0 Å². The molecule has 0 spiro atoms. The number of halogens is 3. The van der Waals surface area contributed by atoms with Gasteiger partial charge in [0.1, 0.15) is 0 Å². The van der Waals surface area contributed by atoms with Crippen molar-refractivity contribution in [2.24, 2.45) is 0 Å². The van der Waals surface area contributed by atoms with Gasteiger partial charge in [-0.2, -0.15) is 27.4 Å². The predicted octanol–water partition coefficient (Wildman–Crippen LogP) is -4.58. The first kappa shape index (κ1) is 47.6. The number of hydrogen-bond acceptors (Lipinski definition) is 6. The van der Waals surface area contributed by atoms with Gasteiger partial charge in [0.25, 0.3) is 0 Å². The monoisotopic (exact) mass is 790 g/mol. The van der Waals surface area contributed by atoms with Crippen LogP contribution in [0.25, 0.3) is 0 Å². The second-order valence-electron chi connectivity index (χ2n) is 14.1. The second-order valence-corrected chi connectivity index (χ2v) is 17.7. The van der Waals surface area contributed by atoms with Crippen LogP contribution in [0.3, 0.4) is 0 Å².